The minimum absolute atomic E-state index is 0.290. The monoisotopic (exact) mass is 254 g/mol. The summed E-state index contributed by atoms with van der Waals surface area (Å²) in [7, 11) is 0. The van der Waals surface area contributed by atoms with Crippen LogP contribution >= 0.6 is 11.6 Å². The van der Waals surface area contributed by atoms with Crippen LogP contribution in [0.4, 0.5) is 0 Å². The van der Waals surface area contributed by atoms with E-state index in [9.17, 15) is 0 Å². The predicted octanol–water partition coefficient (Wildman–Crippen LogP) is 1.28. The van der Waals surface area contributed by atoms with Gasteiger partial charge in [0.05, 0.1) is 5.69 Å². The molecule has 92 valence electrons. The fourth-order valence-electron chi connectivity index (χ4n) is 1.59. The van der Waals surface area contributed by atoms with Crippen molar-refractivity contribution >= 4 is 11.6 Å². The highest BCUT2D eigenvalue weighted by Crippen LogP contribution is 2.06. The van der Waals surface area contributed by atoms with Gasteiger partial charge in [-0.1, -0.05) is 5.21 Å². The van der Waals surface area contributed by atoms with Crippen LogP contribution in [0, 0.1) is 0 Å². The van der Waals surface area contributed by atoms with Crippen molar-refractivity contribution in [2.75, 3.05) is 5.88 Å². The second-order valence-electron chi connectivity index (χ2n) is 4.06. The van der Waals surface area contributed by atoms with E-state index in [1.54, 1.807) is 11.0 Å². The normalized spacial score (nSPS) is 11.3. The van der Waals surface area contributed by atoms with Crippen molar-refractivity contribution in [1.82, 2.24) is 29.8 Å². The number of aryl methyl sites for hydroxylation is 1. The molecule has 0 unspecified atom stereocenters. The number of hydrogen-bond acceptors (Lipinski definition) is 4. The van der Waals surface area contributed by atoms with Gasteiger partial charge in [-0.05, 0) is 13.8 Å². The zero-order valence-corrected chi connectivity index (χ0v) is 10.7. The molecule has 0 atom stereocenters. The van der Waals surface area contributed by atoms with Crippen LogP contribution in [-0.2, 0) is 13.0 Å². The van der Waals surface area contributed by atoms with Crippen LogP contribution in [0.5, 0.6) is 0 Å². The molecule has 0 aromatic carbocycles. The minimum Gasteiger partial charge on any atom is -0.246 e. The summed E-state index contributed by atoms with van der Waals surface area (Å²) < 4.78 is 3.63. The molecule has 0 saturated heterocycles. The highest BCUT2D eigenvalue weighted by atomic mass is 35.5. The van der Waals surface area contributed by atoms with Crippen molar-refractivity contribution in [2.24, 2.45) is 0 Å². The molecule has 0 spiro atoms. The van der Waals surface area contributed by atoms with Gasteiger partial charge in [0.25, 0.3) is 0 Å². The number of aromatic nitrogens is 6. The molecule has 2 rings (SSSR count). The zero-order valence-electron chi connectivity index (χ0n) is 9.91. The topological polar surface area (TPSA) is 61.4 Å². The van der Waals surface area contributed by atoms with Gasteiger partial charge in [-0.15, -0.1) is 16.7 Å². The van der Waals surface area contributed by atoms with Crippen LogP contribution in [0.15, 0.2) is 12.5 Å². The first-order valence-corrected chi connectivity index (χ1v) is 6.07. The zero-order chi connectivity index (χ0) is 12.3. The summed E-state index contributed by atoms with van der Waals surface area (Å²) in [5, 5.41) is 12.2. The summed E-state index contributed by atoms with van der Waals surface area (Å²) in [5.41, 5.74) is 0.899. The standard InChI is InChI=1S/C10H15ClN6/c1-8(2)17-10(12-7-13-17)6-16-5-9(3-4-11)14-15-16/h5,7-8H,3-4,6H2,1-2H3. The van der Waals surface area contributed by atoms with Crippen molar-refractivity contribution in [3.05, 3.63) is 24.0 Å². The van der Waals surface area contributed by atoms with E-state index in [0.29, 0.717) is 18.5 Å². The molecule has 2 aromatic heterocycles. The molecule has 6 nitrogen and oxygen atoms in total. The lowest BCUT2D eigenvalue weighted by Gasteiger charge is -2.08. The fourth-order valence-corrected chi connectivity index (χ4v) is 1.78. The van der Waals surface area contributed by atoms with Crippen LogP contribution in [0.25, 0.3) is 0 Å². The first-order valence-electron chi connectivity index (χ1n) is 5.54. The van der Waals surface area contributed by atoms with Crippen LogP contribution in [-0.4, -0.2) is 35.6 Å². The maximum atomic E-state index is 5.65. The lowest BCUT2D eigenvalue weighted by atomic mass is 10.4. The van der Waals surface area contributed by atoms with E-state index in [1.165, 1.54) is 0 Å². The van der Waals surface area contributed by atoms with E-state index in [1.807, 2.05) is 10.9 Å². The molecule has 0 fully saturated rings. The molecule has 0 saturated carbocycles. The van der Waals surface area contributed by atoms with Gasteiger partial charge in [0.15, 0.2) is 0 Å². The molecule has 17 heavy (non-hydrogen) atoms. The smallest absolute Gasteiger partial charge is 0.148 e. The number of halogens is 1. The maximum Gasteiger partial charge on any atom is 0.148 e. The van der Waals surface area contributed by atoms with E-state index < -0.39 is 0 Å². The lowest BCUT2D eigenvalue weighted by Crippen LogP contribution is -2.12. The number of rotatable bonds is 5. The Kier molecular flexibility index (Phi) is 3.73. The van der Waals surface area contributed by atoms with E-state index in [0.717, 1.165) is 17.9 Å². The highest BCUT2D eigenvalue weighted by Gasteiger charge is 2.09. The van der Waals surface area contributed by atoms with Crippen LogP contribution in [0.2, 0.25) is 0 Å². The fraction of sp³-hybridized carbons (Fsp3) is 0.600. The van der Waals surface area contributed by atoms with E-state index in [4.69, 9.17) is 11.6 Å². The molecule has 0 aliphatic rings. The third kappa shape index (κ3) is 2.82. The van der Waals surface area contributed by atoms with Gasteiger partial charge in [0, 0.05) is 24.5 Å². The van der Waals surface area contributed by atoms with Gasteiger partial charge in [0.2, 0.25) is 0 Å². The number of nitrogens with zero attached hydrogens (tertiary/aromatic N) is 6. The molecule has 7 heteroatoms. The van der Waals surface area contributed by atoms with Gasteiger partial charge in [-0.3, -0.25) is 0 Å². The van der Waals surface area contributed by atoms with Crippen molar-refractivity contribution < 1.29 is 0 Å². The Balaban J connectivity index is 2.11. The van der Waals surface area contributed by atoms with Gasteiger partial charge in [-0.25, -0.2) is 14.3 Å². The highest BCUT2D eigenvalue weighted by molar-refractivity contribution is 6.17. The molecule has 2 aromatic rings. The molecular weight excluding hydrogens is 240 g/mol. The first kappa shape index (κ1) is 12.0. The van der Waals surface area contributed by atoms with Crippen LogP contribution < -0.4 is 0 Å². The SMILES string of the molecule is CC(C)n1ncnc1Cn1cc(CCCl)nn1. The van der Waals surface area contributed by atoms with Crippen LogP contribution in [0.3, 0.4) is 0 Å². The Morgan fingerprint density at radius 1 is 1.41 bits per heavy atom. The van der Waals surface area contributed by atoms with Crippen molar-refractivity contribution in [2.45, 2.75) is 32.9 Å². The third-order valence-corrected chi connectivity index (χ3v) is 2.57. The summed E-state index contributed by atoms with van der Waals surface area (Å²) in [4.78, 5) is 4.23. The van der Waals surface area contributed by atoms with Crippen LogP contribution in [0.1, 0.15) is 31.4 Å². The summed E-state index contributed by atoms with van der Waals surface area (Å²) in [5.74, 6) is 1.43. The Hall–Kier alpha value is -1.43. The number of hydrogen-bond donors (Lipinski definition) is 0. The molecule has 0 bridgehead atoms. The van der Waals surface area contributed by atoms with Gasteiger partial charge >= 0.3 is 0 Å². The summed E-state index contributed by atoms with van der Waals surface area (Å²) in [6, 6.07) is 0.290. The Morgan fingerprint density at radius 3 is 2.94 bits per heavy atom. The quantitative estimate of drug-likeness (QED) is 0.754. The van der Waals surface area contributed by atoms with E-state index in [-0.39, 0.29) is 0 Å². The first-order chi connectivity index (χ1) is 8.20. The molecule has 0 N–H and O–H groups in total. The number of alkyl halides is 1. The van der Waals surface area contributed by atoms with E-state index >= 15 is 0 Å². The Morgan fingerprint density at radius 2 is 2.24 bits per heavy atom. The Bertz CT molecular complexity index is 475. The van der Waals surface area contributed by atoms with Crippen molar-refractivity contribution in [1.29, 1.82) is 0 Å². The molecule has 0 radical (unpaired) electrons. The average Bonchev–Trinajstić information content (AvgIpc) is 2.89. The molecular formula is C10H15ClN6. The molecule has 0 aliphatic carbocycles. The third-order valence-electron chi connectivity index (χ3n) is 2.38. The largest absolute Gasteiger partial charge is 0.246 e. The second-order valence-corrected chi connectivity index (χ2v) is 4.44. The lowest BCUT2D eigenvalue weighted by molar-refractivity contribution is 0.485. The van der Waals surface area contributed by atoms with Crippen molar-refractivity contribution in [3.63, 3.8) is 0 Å². The van der Waals surface area contributed by atoms with Crippen molar-refractivity contribution in [3.8, 4) is 0 Å². The van der Waals surface area contributed by atoms with Gasteiger partial charge in [-0.2, -0.15) is 5.10 Å². The summed E-state index contributed by atoms with van der Waals surface area (Å²) in [6.45, 7) is 4.71. The molecule has 0 amide bonds. The predicted molar refractivity (Wildman–Crippen MR) is 64.0 cm³/mol. The molecule has 2 heterocycles. The summed E-state index contributed by atoms with van der Waals surface area (Å²) >= 11 is 5.65. The Labute approximate surface area is 105 Å². The van der Waals surface area contributed by atoms with Gasteiger partial charge in [0.1, 0.15) is 18.7 Å². The van der Waals surface area contributed by atoms with Gasteiger partial charge < -0.3 is 0 Å². The second kappa shape index (κ2) is 5.27. The average molecular weight is 255 g/mol. The molecule has 0 aliphatic heterocycles. The van der Waals surface area contributed by atoms with E-state index in [2.05, 4.69) is 34.2 Å². The minimum atomic E-state index is 0.290. The maximum absolute atomic E-state index is 5.65. The summed E-state index contributed by atoms with van der Waals surface area (Å²) in [6.07, 6.45) is 4.19.